The van der Waals surface area contributed by atoms with Crippen molar-refractivity contribution >= 4 is 0 Å². The molecule has 0 spiro atoms. The lowest BCUT2D eigenvalue weighted by atomic mass is 10.1. The fourth-order valence-electron chi connectivity index (χ4n) is 3.19. The van der Waals surface area contributed by atoms with Gasteiger partial charge in [-0.2, -0.15) is 0 Å². The molecule has 1 aromatic carbocycles. The lowest BCUT2D eigenvalue weighted by molar-refractivity contribution is 0.220. The van der Waals surface area contributed by atoms with Gasteiger partial charge in [-0.25, -0.2) is 0 Å². The number of hydrogen-bond donors (Lipinski definition) is 1. The summed E-state index contributed by atoms with van der Waals surface area (Å²) in [6.45, 7) is 6.82. The van der Waals surface area contributed by atoms with Crippen LogP contribution in [-0.2, 0) is 0 Å². The second-order valence-corrected chi connectivity index (χ2v) is 5.89. The van der Waals surface area contributed by atoms with Gasteiger partial charge >= 0.3 is 0 Å². The summed E-state index contributed by atoms with van der Waals surface area (Å²) in [5, 5.41) is 0. The van der Waals surface area contributed by atoms with E-state index in [1.807, 2.05) is 0 Å². The van der Waals surface area contributed by atoms with Crippen molar-refractivity contribution in [2.75, 3.05) is 13.1 Å². The van der Waals surface area contributed by atoms with Crippen molar-refractivity contribution in [1.29, 1.82) is 0 Å². The summed E-state index contributed by atoms with van der Waals surface area (Å²) in [6.07, 6.45) is 1.21. The van der Waals surface area contributed by atoms with Crippen LogP contribution in [0.15, 0.2) is 30.3 Å². The van der Waals surface area contributed by atoms with Gasteiger partial charge in [-0.1, -0.05) is 37.3 Å². The van der Waals surface area contributed by atoms with Gasteiger partial charge in [0.2, 0.25) is 0 Å². The summed E-state index contributed by atoms with van der Waals surface area (Å²) < 4.78 is 0. The Morgan fingerprint density at radius 2 is 1.94 bits per heavy atom. The summed E-state index contributed by atoms with van der Waals surface area (Å²) in [4.78, 5) is 2.53. The molecule has 2 nitrogen and oxygen atoms in total. The number of nitrogens with zero attached hydrogens (tertiary/aromatic N) is 1. The predicted molar refractivity (Wildman–Crippen MR) is 66.1 cm³/mol. The van der Waals surface area contributed by atoms with E-state index in [0.29, 0.717) is 11.5 Å². The number of likely N-dealkylation sites (tertiary alicyclic amines) is 1. The zero-order valence-electron chi connectivity index (χ0n) is 10.1. The third-order valence-electron chi connectivity index (χ3n) is 4.65. The lowest BCUT2D eigenvalue weighted by Gasteiger charge is -2.27. The minimum Gasteiger partial charge on any atom is -0.323 e. The zero-order valence-corrected chi connectivity index (χ0v) is 10.1. The molecule has 2 heteroatoms. The van der Waals surface area contributed by atoms with E-state index >= 15 is 0 Å². The Morgan fingerprint density at radius 1 is 1.25 bits per heavy atom. The van der Waals surface area contributed by atoms with Crippen LogP contribution in [0.25, 0.3) is 0 Å². The first-order chi connectivity index (χ1) is 7.54. The predicted octanol–water partition coefficient (Wildman–Crippen LogP) is 2.17. The number of hydrogen-bond acceptors (Lipinski definition) is 2. The van der Waals surface area contributed by atoms with Gasteiger partial charge in [-0.15, -0.1) is 0 Å². The van der Waals surface area contributed by atoms with Crippen LogP contribution in [0, 0.1) is 5.41 Å². The second kappa shape index (κ2) is 3.08. The average Bonchev–Trinajstić information content (AvgIpc) is 2.69. The standard InChI is InChI=1S/C14H20N2/c1-11(12-6-4-3-5-7-12)16-9-13(2)8-14(13,15)10-16/h3-7,11H,8-10,15H2,1-2H3/t11-,13?,14?/m1/s1. The van der Waals surface area contributed by atoms with Crippen LogP contribution in [0.3, 0.4) is 0 Å². The van der Waals surface area contributed by atoms with Crippen LogP contribution < -0.4 is 5.73 Å². The third-order valence-corrected chi connectivity index (χ3v) is 4.65. The molecule has 2 N–H and O–H groups in total. The highest BCUT2D eigenvalue weighted by Gasteiger charge is 2.67. The highest BCUT2D eigenvalue weighted by molar-refractivity contribution is 5.27. The molecule has 16 heavy (non-hydrogen) atoms. The number of piperidine rings is 1. The Kier molecular flexibility index (Phi) is 1.99. The number of nitrogens with two attached hydrogens (primary N) is 1. The highest BCUT2D eigenvalue weighted by atomic mass is 15.3. The average molecular weight is 216 g/mol. The molecule has 3 atom stereocenters. The molecule has 1 heterocycles. The molecule has 2 fully saturated rings. The molecule has 0 radical (unpaired) electrons. The molecular weight excluding hydrogens is 196 g/mol. The van der Waals surface area contributed by atoms with Gasteiger partial charge in [0, 0.05) is 30.1 Å². The summed E-state index contributed by atoms with van der Waals surface area (Å²) in [5.74, 6) is 0. The fraction of sp³-hybridized carbons (Fsp3) is 0.571. The molecule has 1 aliphatic heterocycles. The molecule has 1 saturated carbocycles. The van der Waals surface area contributed by atoms with Gasteiger partial charge in [0.1, 0.15) is 0 Å². The molecule has 1 aliphatic carbocycles. The normalized spacial score (nSPS) is 39.4. The van der Waals surface area contributed by atoms with E-state index in [1.165, 1.54) is 12.0 Å². The molecular formula is C14H20N2. The van der Waals surface area contributed by atoms with Crippen molar-refractivity contribution in [1.82, 2.24) is 4.90 Å². The molecule has 0 amide bonds. The summed E-state index contributed by atoms with van der Waals surface area (Å²) in [5.41, 5.74) is 8.24. The van der Waals surface area contributed by atoms with E-state index in [-0.39, 0.29) is 5.54 Å². The third kappa shape index (κ3) is 1.33. The molecule has 1 aromatic rings. The van der Waals surface area contributed by atoms with Crippen LogP contribution in [0.2, 0.25) is 0 Å². The largest absolute Gasteiger partial charge is 0.323 e. The summed E-state index contributed by atoms with van der Waals surface area (Å²) in [6, 6.07) is 11.2. The van der Waals surface area contributed by atoms with Crippen LogP contribution >= 0.6 is 0 Å². The first-order valence-electron chi connectivity index (χ1n) is 6.12. The maximum absolute atomic E-state index is 6.35. The Balaban J connectivity index is 1.77. The molecule has 86 valence electrons. The van der Waals surface area contributed by atoms with Crippen molar-refractivity contribution in [2.24, 2.45) is 11.1 Å². The van der Waals surface area contributed by atoms with Crippen LogP contribution in [0.4, 0.5) is 0 Å². The van der Waals surface area contributed by atoms with E-state index in [2.05, 4.69) is 49.1 Å². The Hall–Kier alpha value is -0.860. The van der Waals surface area contributed by atoms with Crippen molar-refractivity contribution in [2.45, 2.75) is 31.8 Å². The van der Waals surface area contributed by atoms with Crippen LogP contribution in [0.1, 0.15) is 31.9 Å². The van der Waals surface area contributed by atoms with Crippen molar-refractivity contribution in [3.8, 4) is 0 Å². The van der Waals surface area contributed by atoms with E-state index < -0.39 is 0 Å². The quantitative estimate of drug-likeness (QED) is 0.821. The van der Waals surface area contributed by atoms with E-state index in [9.17, 15) is 0 Å². The number of fused-ring (bicyclic) bond motifs is 1. The second-order valence-electron chi connectivity index (χ2n) is 5.89. The molecule has 1 saturated heterocycles. The molecule has 0 aromatic heterocycles. The van der Waals surface area contributed by atoms with Gasteiger partial charge in [0.05, 0.1) is 0 Å². The Labute approximate surface area is 97.4 Å². The Bertz CT molecular complexity index is 386. The molecule has 0 bridgehead atoms. The summed E-state index contributed by atoms with van der Waals surface area (Å²) in [7, 11) is 0. The topological polar surface area (TPSA) is 29.3 Å². The number of rotatable bonds is 2. The smallest absolute Gasteiger partial charge is 0.0357 e. The Morgan fingerprint density at radius 3 is 2.50 bits per heavy atom. The zero-order chi connectivity index (χ0) is 11.4. The molecule has 2 unspecified atom stereocenters. The maximum atomic E-state index is 6.35. The lowest BCUT2D eigenvalue weighted by Crippen LogP contribution is -2.34. The minimum atomic E-state index is 0.107. The van der Waals surface area contributed by atoms with Gasteiger partial charge in [-0.3, -0.25) is 4.90 Å². The van der Waals surface area contributed by atoms with Gasteiger partial charge in [0.25, 0.3) is 0 Å². The van der Waals surface area contributed by atoms with Crippen LogP contribution in [0.5, 0.6) is 0 Å². The van der Waals surface area contributed by atoms with Crippen molar-refractivity contribution in [3.63, 3.8) is 0 Å². The highest BCUT2D eigenvalue weighted by Crippen LogP contribution is 2.60. The number of benzene rings is 1. The molecule has 3 rings (SSSR count). The fourth-order valence-corrected chi connectivity index (χ4v) is 3.19. The first-order valence-corrected chi connectivity index (χ1v) is 6.12. The monoisotopic (exact) mass is 216 g/mol. The van der Waals surface area contributed by atoms with Gasteiger partial charge in [0.15, 0.2) is 0 Å². The van der Waals surface area contributed by atoms with E-state index in [0.717, 1.165) is 13.1 Å². The van der Waals surface area contributed by atoms with E-state index in [1.54, 1.807) is 0 Å². The van der Waals surface area contributed by atoms with Crippen molar-refractivity contribution < 1.29 is 0 Å². The van der Waals surface area contributed by atoms with Gasteiger partial charge in [-0.05, 0) is 18.9 Å². The SMILES string of the molecule is C[C@H](c1ccccc1)N1CC2(C)CC2(N)C1. The first kappa shape index (κ1) is 10.3. The molecule has 2 aliphatic rings. The summed E-state index contributed by atoms with van der Waals surface area (Å²) >= 11 is 0. The van der Waals surface area contributed by atoms with E-state index in [4.69, 9.17) is 5.73 Å². The van der Waals surface area contributed by atoms with Crippen LogP contribution in [-0.4, -0.2) is 23.5 Å². The van der Waals surface area contributed by atoms with Gasteiger partial charge < -0.3 is 5.73 Å². The van der Waals surface area contributed by atoms with Crippen molar-refractivity contribution in [3.05, 3.63) is 35.9 Å². The minimum absolute atomic E-state index is 0.107. The maximum Gasteiger partial charge on any atom is 0.0357 e.